The Morgan fingerprint density at radius 2 is 1.88 bits per heavy atom. The fourth-order valence-electron chi connectivity index (χ4n) is 2.55. The molecule has 0 aromatic carbocycles. The van der Waals surface area contributed by atoms with Crippen LogP contribution in [0.25, 0.3) is 0 Å². The summed E-state index contributed by atoms with van der Waals surface area (Å²) in [6, 6.07) is 0. The van der Waals surface area contributed by atoms with E-state index in [-0.39, 0.29) is 18.2 Å². The van der Waals surface area contributed by atoms with E-state index in [1.807, 2.05) is 0 Å². The van der Waals surface area contributed by atoms with Gasteiger partial charge >= 0.3 is 0 Å². The van der Waals surface area contributed by atoms with E-state index >= 15 is 0 Å². The highest BCUT2D eigenvalue weighted by Gasteiger charge is 2.40. The summed E-state index contributed by atoms with van der Waals surface area (Å²) in [7, 11) is -1.45. The van der Waals surface area contributed by atoms with E-state index in [1.54, 1.807) is 11.4 Å². The van der Waals surface area contributed by atoms with Crippen molar-refractivity contribution in [1.82, 2.24) is 9.62 Å². The molecule has 0 aliphatic carbocycles. The summed E-state index contributed by atoms with van der Waals surface area (Å²) in [6.07, 6.45) is 0.586. The molecule has 0 aromatic heterocycles. The van der Waals surface area contributed by atoms with Gasteiger partial charge in [0.25, 0.3) is 0 Å². The van der Waals surface area contributed by atoms with Crippen LogP contribution in [0.15, 0.2) is 0 Å². The lowest BCUT2D eigenvalue weighted by molar-refractivity contribution is 0.199. The lowest BCUT2D eigenvalue weighted by Gasteiger charge is -2.17. The predicted octanol–water partition coefficient (Wildman–Crippen LogP) is -0.0743. The number of fused-ring (bicyclic) bond motifs is 1. The molecule has 7 heteroatoms. The van der Waals surface area contributed by atoms with Crippen LogP contribution < -0.4 is 5.32 Å². The minimum atomic E-state index is -3.05. The molecule has 1 N–H and O–H groups in total. The van der Waals surface area contributed by atoms with Crippen molar-refractivity contribution >= 4 is 22.4 Å². The van der Waals surface area contributed by atoms with Crippen LogP contribution in [0, 0.1) is 11.8 Å². The molecular formula is C10H21ClN2O3S. The smallest absolute Gasteiger partial charge is 0.214 e. The molecular weight excluding hydrogens is 264 g/mol. The monoisotopic (exact) mass is 284 g/mol. The molecule has 0 saturated carbocycles. The molecule has 2 saturated heterocycles. The molecule has 2 heterocycles. The lowest BCUT2D eigenvalue weighted by Crippen LogP contribution is -2.33. The van der Waals surface area contributed by atoms with Gasteiger partial charge < -0.3 is 10.1 Å². The van der Waals surface area contributed by atoms with Crippen molar-refractivity contribution in [3.63, 3.8) is 0 Å². The Morgan fingerprint density at radius 1 is 1.29 bits per heavy atom. The van der Waals surface area contributed by atoms with Gasteiger partial charge in [-0.15, -0.1) is 12.4 Å². The highest BCUT2D eigenvalue weighted by Crippen LogP contribution is 2.28. The third kappa shape index (κ3) is 3.54. The Kier molecular flexibility index (Phi) is 5.66. The van der Waals surface area contributed by atoms with Gasteiger partial charge in [-0.1, -0.05) is 0 Å². The van der Waals surface area contributed by atoms with E-state index in [0.29, 0.717) is 38.0 Å². The van der Waals surface area contributed by atoms with Gasteiger partial charge in [0.1, 0.15) is 0 Å². The van der Waals surface area contributed by atoms with Gasteiger partial charge in [0.15, 0.2) is 0 Å². The molecule has 0 radical (unpaired) electrons. The fraction of sp³-hybridized carbons (Fsp3) is 1.00. The van der Waals surface area contributed by atoms with E-state index in [2.05, 4.69) is 5.32 Å². The Balaban J connectivity index is 0.00000144. The van der Waals surface area contributed by atoms with Gasteiger partial charge in [-0.25, -0.2) is 12.7 Å². The van der Waals surface area contributed by atoms with E-state index in [0.717, 1.165) is 13.1 Å². The molecule has 0 bridgehead atoms. The Hall–Kier alpha value is 0.120. The maximum absolute atomic E-state index is 12.0. The Labute approximate surface area is 109 Å². The number of rotatable bonds is 5. The molecule has 0 amide bonds. The highest BCUT2D eigenvalue weighted by molar-refractivity contribution is 7.89. The summed E-state index contributed by atoms with van der Waals surface area (Å²) >= 11 is 0. The van der Waals surface area contributed by atoms with Crippen molar-refractivity contribution in [3.05, 3.63) is 0 Å². The first-order valence-electron chi connectivity index (χ1n) is 5.81. The molecule has 102 valence electrons. The number of nitrogens with zero attached hydrogens (tertiary/aromatic N) is 1. The molecule has 2 fully saturated rings. The fourth-order valence-corrected chi connectivity index (χ4v) is 4.13. The van der Waals surface area contributed by atoms with Gasteiger partial charge in [0.2, 0.25) is 10.0 Å². The third-order valence-corrected chi connectivity index (χ3v) is 5.39. The van der Waals surface area contributed by atoms with Crippen LogP contribution in [0.3, 0.4) is 0 Å². The maximum Gasteiger partial charge on any atom is 0.214 e. The molecule has 2 aliphatic heterocycles. The van der Waals surface area contributed by atoms with Crippen LogP contribution in [0.4, 0.5) is 0 Å². The van der Waals surface area contributed by atoms with Crippen LogP contribution in [-0.4, -0.2) is 58.4 Å². The zero-order valence-corrected chi connectivity index (χ0v) is 11.7. The van der Waals surface area contributed by atoms with Crippen LogP contribution >= 0.6 is 12.4 Å². The van der Waals surface area contributed by atoms with Crippen molar-refractivity contribution < 1.29 is 13.2 Å². The average Bonchev–Trinajstić information content (AvgIpc) is 2.76. The number of halogens is 1. The van der Waals surface area contributed by atoms with Crippen molar-refractivity contribution in [3.8, 4) is 0 Å². The van der Waals surface area contributed by atoms with E-state index in [1.165, 1.54) is 0 Å². The zero-order chi connectivity index (χ0) is 11.6. The summed E-state index contributed by atoms with van der Waals surface area (Å²) in [6.45, 7) is 3.85. The molecule has 0 unspecified atom stereocenters. The van der Waals surface area contributed by atoms with E-state index in [9.17, 15) is 8.42 Å². The predicted molar refractivity (Wildman–Crippen MR) is 69.0 cm³/mol. The van der Waals surface area contributed by atoms with Crippen molar-refractivity contribution in [2.45, 2.75) is 6.42 Å². The van der Waals surface area contributed by atoms with E-state index < -0.39 is 10.0 Å². The minimum Gasteiger partial charge on any atom is -0.385 e. The maximum atomic E-state index is 12.0. The first-order chi connectivity index (χ1) is 7.63. The minimum absolute atomic E-state index is 0. The van der Waals surface area contributed by atoms with Crippen LogP contribution in [-0.2, 0) is 14.8 Å². The second-order valence-electron chi connectivity index (χ2n) is 4.66. The number of hydrogen-bond acceptors (Lipinski definition) is 4. The largest absolute Gasteiger partial charge is 0.385 e. The Bertz CT molecular complexity index is 324. The summed E-state index contributed by atoms with van der Waals surface area (Å²) in [5, 5.41) is 3.31. The molecule has 5 nitrogen and oxygen atoms in total. The molecule has 17 heavy (non-hydrogen) atoms. The van der Waals surface area contributed by atoms with Crippen LogP contribution in [0.2, 0.25) is 0 Å². The second kappa shape index (κ2) is 6.33. The average molecular weight is 285 g/mol. The topological polar surface area (TPSA) is 58.6 Å². The quantitative estimate of drug-likeness (QED) is 0.718. The number of sulfonamides is 1. The molecule has 0 spiro atoms. The normalized spacial score (nSPS) is 29.0. The highest BCUT2D eigenvalue weighted by atomic mass is 35.5. The van der Waals surface area contributed by atoms with Gasteiger partial charge in [-0.2, -0.15) is 0 Å². The number of hydrogen-bond donors (Lipinski definition) is 1. The summed E-state index contributed by atoms with van der Waals surface area (Å²) in [4.78, 5) is 0. The molecule has 2 atom stereocenters. The van der Waals surface area contributed by atoms with Crippen molar-refractivity contribution in [2.24, 2.45) is 11.8 Å². The van der Waals surface area contributed by atoms with Crippen LogP contribution in [0.5, 0.6) is 0 Å². The summed E-state index contributed by atoms with van der Waals surface area (Å²) in [5.41, 5.74) is 0. The number of methoxy groups -OCH3 is 1. The van der Waals surface area contributed by atoms with Gasteiger partial charge in [0, 0.05) is 26.8 Å². The zero-order valence-electron chi connectivity index (χ0n) is 10.1. The summed E-state index contributed by atoms with van der Waals surface area (Å²) in [5.74, 6) is 1.27. The van der Waals surface area contributed by atoms with Crippen molar-refractivity contribution in [1.29, 1.82) is 0 Å². The first kappa shape index (κ1) is 15.2. The van der Waals surface area contributed by atoms with Crippen molar-refractivity contribution in [2.75, 3.05) is 45.6 Å². The molecule has 2 aliphatic rings. The first-order valence-corrected chi connectivity index (χ1v) is 7.42. The Morgan fingerprint density at radius 3 is 2.41 bits per heavy atom. The molecule has 0 aromatic rings. The van der Waals surface area contributed by atoms with Gasteiger partial charge in [0.05, 0.1) is 5.75 Å². The second-order valence-corrected chi connectivity index (χ2v) is 6.75. The lowest BCUT2D eigenvalue weighted by atomic mass is 10.0. The van der Waals surface area contributed by atoms with Gasteiger partial charge in [-0.3, -0.25) is 0 Å². The third-order valence-electron chi connectivity index (χ3n) is 3.50. The van der Waals surface area contributed by atoms with Crippen LogP contribution in [0.1, 0.15) is 6.42 Å². The standard InChI is InChI=1S/C10H20N2O3S.ClH/c1-15-3-2-4-16(13,14)12-7-9-5-11-6-10(9)8-12;/h9-11H,2-8H2,1H3;1H/t9-,10+;. The number of nitrogens with one attached hydrogen (secondary N) is 1. The number of ether oxygens (including phenoxy) is 1. The summed E-state index contributed by atoms with van der Waals surface area (Å²) < 4.78 is 30.5. The molecule has 2 rings (SSSR count). The van der Waals surface area contributed by atoms with Gasteiger partial charge in [-0.05, 0) is 31.3 Å². The van der Waals surface area contributed by atoms with E-state index in [4.69, 9.17) is 4.74 Å². The SMILES string of the molecule is COCCCS(=O)(=O)N1C[C@H]2CNC[C@H]2C1.Cl.